The zero-order valence-corrected chi connectivity index (χ0v) is 12.2. The molecule has 0 spiro atoms. The first-order chi connectivity index (χ1) is 9.72. The number of para-hydroxylation sites is 1. The zero-order chi connectivity index (χ0) is 13.9. The summed E-state index contributed by atoms with van der Waals surface area (Å²) >= 11 is 0. The van der Waals surface area contributed by atoms with Crippen LogP contribution in [0.25, 0.3) is 11.5 Å². The maximum Gasteiger partial charge on any atom is 0.260 e. The summed E-state index contributed by atoms with van der Waals surface area (Å²) in [5.41, 5.74) is 1.91. The largest absolute Gasteiger partial charge is 0.382 e. The summed E-state index contributed by atoms with van der Waals surface area (Å²) in [4.78, 5) is 4.28. The van der Waals surface area contributed by atoms with Crippen molar-refractivity contribution in [2.45, 2.75) is 25.8 Å². The van der Waals surface area contributed by atoms with Crippen molar-refractivity contribution in [2.24, 2.45) is 0 Å². The van der Waals surface area contributed by atoms with Gasteiger partial charge in [0, 0.05) is 34.0 Å². The van der Waals surface area contributed by atoms with Crippen LogP contribution in [-0.2, 0) is 10.8 Å². The van der Waals surface area contributed by atoms with E-state index in [1.807, 2.05) is 24.3 Å². The van der Waals surface area contributed by atoms with Crippen LogP contribution in [0.1, 0.15) is 18.7 Å². The molecule has 5 nitrogen and oxygen atoms in total. The fourth-order valence-electron chi connectivity index (χ4n) is 2.36. The van der Waals surface area contributed by atoms with Gasteiger partial charge in [0.2, 0.25) is 0 Å². The quantitative estimate of drug-likeness (QED) is 0.940. The van der Waals surface area contributed by atoms with E-state index >= 15 is 0 Å². The van der Waals surface area contributed by atoms with Crippen molar-refractivity contribution in [3.8, 4) is 11.5 Å². The summed E-state index contributed by atoms with van der Waals surface area (Å²) in [6.45, 7) is 1.81. The highest BCUT2D eigenvalue weighted by Gasteiger charge is 2.19. The first-order valence-corrected chi connectivity index (χ1v) is 8.22. The number of aromatic nitrogens is 2. The van der Waals surface area contributed by atoms with Gasteiger partial charge in [-0.2, -0.15) is 4.98 Å². The van der Waals surface area contributed by atoms with E-state index < -0.39 is 10.8 Å². The van der Waals surface area contributed by atoms with Crippen molar-refractivity contribution < 1.29 is 8.73 Å². The molecule has 6 heteroatoms. The molecule has 0 amide bonds. The van der Waals surface area contributed by atoms with Crippen molar-refractivity contribution in [1.82, 2.24) is 10.1 Å². The molecule has 1 aliphatic rings. The molecule has 1 aromatic carbocycles. The minimum atomic E-state index is -0.638. The zero-order valence-electron chi connectivity index (χ0n) is 11.3. The van der Waals surface area contributed by atoms with Crippen molar-refractivity contribution >= 4 is 16.5 Å². The number of benzene rings is 1. The molecular formula is C14H17N3O2S. The SMILES string of the molecule is Cc1noc(-c2ccccc2NC2CCS(=O)CC2)n1. The number of rotatable bonds is 3. The molecule has 0 atom stereocenters. The highest BCUT2D eigenvalue weighted by Crippen LogP contribution is 2.28. The Morgan fingerprint density at radius 1 is 1.30 bits per heavy atom. The van der Waals surface area contributed by atoms with E-state index in [2.05, 4.69) is 15.5 Å². The Hall–Kier alpha value is -1.69. The second-order valence-corrected chi connectivity index (χ2v) is 6.66. The Morgan fingerprint density at radius 2 is 2.05 bits per heavy atom. The standard InChI is InChI=1S/C14H17N3O2S/c1-10-15-14(19-17-10)12-4-2-3-5-13(12)16-11-6-8-20(18)9-7-11/h2-5,11,16H,6-9H2,1H3. The Kier molecular flexibility index (Phi) is 3.82. The first kappa shape index (κ1) is 13.3. The number of anilines is 1. The maximum atomic E-state index is 11.4. The molecule has 2 aromatic rings. The molecule has 1 fully saturated rings. The van der Waals surface area contributed by atoms with E-state index in [1.54, 1.807) is 6.92 Å². The van der Waals surface area contributed by atoms with Crippen LogP contribution in [-0.4, -0.2) is 31.9 Å². The average molecular weight is 291 g/mol. The van der Waals surface area contributed by atoms with E-state index in [9.17, 15) is 4.21 Å². The maximum absolute atomic E-state index is 11.4. The molecule has 0 aliphatic carbocycles. The van der Waals surface area contributed by atoms with Crippen LogP contribution in [0.4, 0.5) is 5.69 Å². The summed E-state index contributed by atoms with van der Waals surface area (Å²) in [6, 6.07) is 8.28. The fourth-order valence-corrected chi connectivity index (χ4v) is 3.66. The van der Waals surface area contributed by atoms with Crippen LogP contribution in [0.3, 0.4) is 0 Å². The van der Waals surface area contributed by atoms with Gasteiger partial charge in [-0.1, -0.05) is 17.3 Å². The minimum absolute atomic E-state index is 0.359. The summed E-state index contributed by atoms with van der Waals surface area (Å²) in [6.07, 6.45) is 1.87. The third-order valence-electron chi connectivity index (χ3n) is 3.43. The predicted molar refractivity (Wildman–Crippen MR) is 79.0 cm³/mol. The van der Waals surface area contributed by atoms with E-state index in [-0.39, 0.29) is 0 Å². The summed E-state index contributed by atoms with van der Waals surface area (Å²) < 4.78 is 16.6. The van der Waals surface area contributed by atoms with Crippen molar-refractivity contribution in [1.29, 1.82) is 0 Å². The smallest absolute Gasteiger partial charge is 0.260 e. The van der Waals surface area contributed by atoms with E-state index in [0.29, 0.717) is 17.8 Å². The van der Waals surface area contributed by atoms with Crippen LogP contribution in [0.2, 0.25) is 0 Å². The number of hydrogen-bond acceptors (Lipinski definition) is 5. The van der Waals surface area contributed by atoms with Crippen molar-refractivity contribution in [2.75, 3.05) is 16.8 Å². The van der Waals surface area contributed by atoms with Gasteiger partial charge in [-0.15, -0.1) is 0 Å². The molecule has 1 saturated heterocycles. The second kappa shape index (κ2) is 5.75. The van der Waals surface area contributed by atoms with Gasteiger partial charge in [-0.3, -0.25) is 4.21 Å². The Labute approximate surface area is 120 Å². The Bertz CT molecular complexity index is 616. The summed E-state index contributed by atoms with van der Waals surface area (Å²) in [5, 5.41) is 7.35. The fraction of sp³-hybridized carbons (Fsp3) is 0.429. The van der Waals surface area contributed by atoms with Crippen LogP contribution in [0.15, 0.2) is 28.8 Å². The first-order valence-electron chi connectivity index (χ1n) is 6.73. The highest BCUT2D eigenvalue weighted by molar-refractivity contribution is 7.85. The lowest BCUT2D eigenvalue weighted by Gasteiger charge is -2.24. The third-order valence-corrected chi connectivity index (χ3v) is 4.81. The number of hydrogen-bond donors (Lipinski definition) is 1. The number of aryl methyl sites for hydroxylation is 1. The van der Waals surface area contributed by atoms with Crippen LogP contribution >= 0.6 is 0 Å². The molecular weight excluding hydrogens is 274 g/mol. The lowest BCUT2D eigenvalue weighted by atomic mass is 10.1. The van der Waals surface area contributed by atoms with Gasteiger partial charge < -0.3 is 9.84 Å². The molecule has 0 radical (unpaired) electrons. The molecule has 106 valence electrons. The summed E-state index contributed by atoms with van der Waals surface area (Å²) in [5.74, 6) is 2.71. The Balaban J connectivity index is 1.81. The molecule has 0 unspecified atom stereocenters. The average Bonchev–Trinajstić information content (AvgIpc) is 2.88. The monoisotopic (exact) mass is 291 g/mol. The second-order valence-electron chi connectivity index (χ2n) is 4.96. The topological polar surface area (TPSA) is 68.0 Å². The van der Waals surface area contributed by atoms with Gasteiger partial charge in [-0.05, 0) is 31.9 Å². The predicted octanol–water partition coefficient (Wildman–Crippen LogP) is 2.37. The molecule has 2 heterocycles. The molecule has 1 aromatic heterocycles. The van der Waals surface area contributed by atoms with Gasteiger partial charge in [0.1, 0.15) is 0 Å². The van der Waals surface area contributed by atoms with E-state index in [0.717, 1.165) is 35.6 Å². The van der Waals surface area contributed by atoms with Crippen LogP contribution in [0, 0.1) is 6.92 Å². The van der Waals surface area contributed by atoms with E-state index in [1.165, 1.54) is 0 Å². The van der Waals surface area contributed by atoms with Crippen LogP contribution in [0.5, 0.6) is 0 Å². The van der Waals surface area contributed by atoms with Gasteiger partial charge >= 0.3 is 0 Å². The van der Waals surface area contributed by atoms with Crippen molar-refractivity contribution in [3.05, 3.63) is 30.1 Å². The van der Waals surface area contributed by atoms with E-state index in [4.69, 9.17) is 4.52 Å². The molecule has 1 N–H and O–H groups in total. The molecule has 3 rings (SSSR count). The van der Waals surface area contributed by atoms with Gasteiger partial charge in [0.05, 0.1) is 5.56 Å². The number of nitrogens with zero attached hydrogens (tertiary/aromatic N) is 2. The molecule has 0 saturated carbocycles. The molecule has 20 heavy (non-hydrogen) atoms. The highest BCUT2D eigenvalue weighted by atomic mass is 32.2. The minimum Gasteiger partial charge on any atom is -0.382 e. The lowest BCUT2D eigenvalue weighted by molar-refractivity contribution is 0.425. The van der Waals surface area contributed by atoms with Crippen LogP contribution < -0.4 is 5.32 Å². The van der Waals surface area contributed by atoms with Gasteiger partial charge in [0.25, 0.3) is 5.89 Å². The lowest BCUT2D eigenvalue weighted by Crippen LogP contribution is -2.29. The van der Waals surface area contributed by atoms with Gasteiger partial charge in [-0.25, -0.2) is 0 Å². The third kappa shape index (κ3) is 2.90. The van der Waals surface area contributed by atoms with Gasteiger partial charge in [0.15, 0.2) is 5.82 Å². The molecule has 1 aliphatic heterocycles. The normalized spacial score (nSPS) is 22.6. The Morgan fingerprint density at radius 3 is 2.75 bits per heavy atom. The number of nitrogens with one attached hydrogen (secondary N) is 1. The molecule has 0 bridgehead atoms. The van der Waals surface area contributed by atoms with Crippen molar-refractivity contribution in [3.63, 3.8) is 0 Å². The summed E-state index contributed by atoms with van der Waals surface area (Å²) in [7, 11) is -0.638.